The van der Waals surface area contributed by atoms with E-state index in [0.717, 1.165) is 22.5 Å². The SMILES string of the molecule is CC(C)=CN(/N=N/c1c(C)cc(C)cc1C)c1c(C)cc(C)cc1C. The summed E-state index contributed by atoms with van der Waals surface area (Å²) in [6, 6.07) is 8.67. The van der Waals surface area contributed by atoms with E-state index in [-0.39, 0.29) is 0 Å². The fourth-order valence-electron chi connectivity index (χ4n) is 3.34. The molecule has 0 bridgehead atoms. The Hall–Kier alpha value is -2.42. The summed E-state index contributed by atoms with van der Waals surface area (Å²) in [5, 5.41) is 11.1. The Bertz CT molecular complexity index is 794. The van der Waals surface area contributed by atoms with Gasteiger partial charge in [-0.2, -0.15) is 0 Å². The van der Waals surface area contributed by atoms with Crippen molar-refractivity contribution in [1.82, 2.24) is 0 Å². The lowest BCUT2D eigenvalue weighted by atomic mass is 10.0. The molecule has 0 aliphatic rings. The lowest BCUT2D eigenvalue weighted by Gasteiger charge is -2.20. The maximum absolute atomic E-state index is 4.59. The van der Waals surface area contributed by atoms with Gasteiger partial charge in [-0.3, -0.25) is 0 Å². The van der Waals surface area contributed by atoms with Crippen LogP contribution in [0.4, 0.5) is 11.4 Å². The van der Waals surface area contributed by atoms with Gasteiger partial charge in [-0.15, -0.1) is 5.11 Å². The quantitative estimate of drug-likeness (QED) is 0.438. The molecule has 0 aliphatic heterocycles. The van der Waals surface area contributed by atoms with Crippen LogP contribution in [0.25, 0.3) is 0 Å². The van der Waals surface area contributed by atoms with E-state index in [1.165, 1.54) is 27.8 Å². The molecule has 25 heavy (non-hydrogen) atoms. The lowest BCUT2D eigenvalue weighted by Crippen LogP contribution is -2.11. The summed E-state index contributed by atoms with van der Waals surface area (Å²) in [7, 11) is 0. The molecule has 132 valence electrons. The first-order valence-electron chi connectivity index (χ1n) is 8.70. The van der Waals surface area contributed by atoms with Crippen LogP contribution in [0.2, 0.25) is 0 Å². The Balaban J connectivity index is 2.53. The minimum Gasteiger partial charge on any atom is -0.222 e. The van der Waals surface area contributed by atoms with E-state index in [4.69, 9.17) is 0 Å². The summed E-state index contributed by atoms with van der Waals surface area (Å²) < 4.78 is 0. The Morgan fingerprint density at radius 3 is 1.64 bits per heavy atom. The Morgan fingerprint density at radius 2 is 1.20 bits per heavy atom. The molecule has 3 nitrogen and oxygen atoms in total. The van der Waals surface area contributed by atoms with Crippen LogP contribution < -0.4 is 5.01 Å². The van der Waals surface area contributed by atoms with Gasteiger partial charge in [0.05, 0.1) is 11.4 Å². The second-order valence-corrected chi connectivity index (χ2v) is 7.24. The van der Waals surface area contributed by atoms with Gasteiger partial charge >= 0.3 is 0 Å². The van der Waals surface area contributed by atoms with Crippen LogP contribution >= 0.6 is 0 Å². The highest BCUT2D eigenvalue weighted by molar-refractivity contribution is 5.61. The molecule has 0 aromatic heterocycles. The van der Waals surface area contributed by atoms with Gasteiger partial charge in [0.2, 0.25) is 0 Å². The fourth-order valence-corrected chi connectivity index (χ4v) is 3.34. The highest BCUT2D eigenvalue weighted by Crippen LogP contribution is 2.30. The van der Waals surface area contributed by atoms with Crippen LogP contribution in [-0.4, -0.2) is 0 Å². The van der Waals surface area contributed by atoms with Crippen molar-refractivity contribution in [2.45, 2.75) is 55.4 Å². The average Bonchev–Trinajstić information content (AvgIpc) is 2.43. The van der Waals surface area contributed by atoms with Gasteiger partial charge in [-0.1, -0.05) is 46.2 Å². The van der Waals surface area contributed by atoms with Crippen LogP contribution in [0.3, 0.4) is 0 Å². The predicted molar refractivity (Wildman–Crippen MR) is 108 cm³/mol. The highest BCUT2D eigenvalue weighted by Gasteiger charge is 2.11. The number of nitrogens with zero attached hydrogens (tertiary/aromatic N) is 3. The standard InChI is InChI=1S/C22H29N3/c1-14(2)13-25(22-19(7)11-16(4)12-20(22)8)24-23-21-17(5)9-15(3)10-18(21)6/h9-13H,1-8H3/b24-23+. The Morgan fingerprint density at radius 1 is 0.760 bits per heavy atom. The predicted octanol–water partition coefficient (Wildman–Crippen LogP) is 6.97. The maximum atomic E-state index is 4.59. The third-order valence-corrected chi connectivity index (χ3v) is 4.12. The van der Waals surface area contributed by atoms with Crippen molar-refractivity contribution in [2.24, 2.45) is 10.3 Å². The fraction of sp³-hybridized carbons (Fsp3) is 0.364. The molecule has 3 heteroatoms. The molecule has 0 radical (unpaired) electrons. The van der Waals surface area contributed by atoms with Crippen molar-refractivity contribution in [3.63, 3.8) is 0 Å². The molecule has 0 spiro atoms. The molecule has 2 aromatic rings. The summed E-state index contributed by atoms with van der Waals surface area (Å²) in [6.07, 6.45) is 2.03. The molecule has 0 N–H and O–H groups in total. The lowest BCUT2D eigenvalue weighted by molar-refractivity contribution is 0.937. The molecule has 0 aliphatic carbocycles. The molecule has 0 heterocycles. The molecule has 2 aromatic carbocycles. The van der Waals surface area contributed by atoms with Crippen molar-refractivity contribution in [1.29, 1.82) is 0 Å². The van der Waals surface area contributed by atoms with Crippen LogP contribution in [0.1, 0.15) is 47.2 Å². The summed E-state index contributed by atoms with van der Waals surface area (Å²) >= 11 is 0. The zero-order valence-corrected chi connectivity index (χ0v) is 16.7. The normalized spacial score (nSPS) is 11.0. The highest BCUT2D eigenvalue weighted by atomic mass is 15.5. The summed E-state index contributed by atoms with van der Waals surface area (Å²) in [4.78, 5) is 0. The van der Waals surface area contributed by atoms with Crippen LogP contribution in [0.5, 0.6) is 0 Å². The number of anilines is 1. The van der Waals surface area contributed by atoms with Crippen LogP contribution in [0.15, 0.2) is 46.4 Å². The van der Waals surface area contributed by atoms with E-state index in [1.54, 1.807) is 0 Å². The van der Waals surface area contributed by atoms with Crippen LogP contribution in [-0.2, 0) is 0 Å². The number of aryl methyl sites for hydroxylation is 6. The Labute approximate surface area is 152 Å². The van der Waals surface area contributed by atoms with Gasteiger partial charge in [0.1, 0.15) is 0 Å². The molecule has 0 fully saturated rings. The van der Waals surface area contributed by atoms with Crippen molar-refractivity contribution in [3.05, 3.63) is 69.4 Å². The van der Waals surface area contributed by atoms with Gasteiger partial charge in [-0.05, 0) is 77.6 Å². The Kier molecular flexibility index (Phi) is 5.78. The third-order valence-electron chi connectivity index (χ3n) is 4.12. The first kappa shape index (κ1) is 18.9. The molecular weight excluding hydrogens is 306 g/mol. The van der Waals surface area contributed by atoms with Gasteiger partial charge in [0.25, 0.3) is 0 Å². The van der Waals surface area contributed by atoms with Gasteiger partial charge in [0.15, 0.2) is 0 Å². The zero-order valence-electron chi connectivity index (χ0n) is 16.7. The molecule has 0 saturated carbocycles. The number of allylic oxidation sites excluding steroid dienone is 1. The zero-order chi connectivity index (χ0) is 18.7. The molecular formula is C22H29N3. The van der Waals surface area contributed by atoms with Gasteiger partial charge in [0, 0.05) is 6.20 Å². The minimum atomic E-state index is 0.945. The molecule has 2 rings (SSSR count). The van der Waals surface area contributed by atoms with E-state index < -0.39 is 0 Å². The second kappa shape index (κ2) is 7.64. The summed E-state index contributed by atoms with van der Waals surface area (Å²) in [5.41, 5.74) is 10.4. The van der Waals surface area contributed by atoms with E-state index in [0.29, 0.717) is 0 Å². The maximum Gasteiger partial charge on any atom is 0.0932 e. The molecule has 0 saturated heterocycles. The van der Waals surface area contributed by atoms with Crippen molar-refractivity contribution < 1.29 is 0 Å². The third kappa shape index (κ3) is 4.56. The van der Waals surface area contributed by atoms with Crippen molar-refractivity contribution in [2.75, 3.05) is 5.01 Å². The average molecular weight is 335 g/mol. The van der Waals surface area contributed by atoms with Gasteiger partial charge < -0.3 is 0 Å². The van der Waals surface area contributed by atoms with E-state index >= 15 is 0 Å². The van der Waals surface area contributed by atoms with E-state index in [9.17, 15) is 0 Å². The topological polar surface area (TPSA) is 28.0 Å². The number of hydrogen-bond donors (Lipinski definition) is 0. The van der Waals surface area contributed by atoms with Crippen molar-refractivity contribution in [3.8, 4) is 0 Å². The van der Waals surface area contributed by atoms with Crippen LogP contribution in [0, 0.1) is 41.5 Å². The summed E-state index contributed by atoms with van der Waals surface area (Å²) in [5.74, 6) is 0. The van der Waals surface area contributed by atoms with Crippen molar-refractivity contribution >= 4 is 11.4 Å². The monoisotopic (exact) mass is 335 g/mol. The number of rotatable bonds is 4. The largest absolute Gasteiger partial charge is 0.222 e. The number of benzene rings is 2. The summed E-state index contributed by atoms with van der Waals surface area (Å²) in [6.45, 7) is 16.8. The first-order valence-corrected chi connectivity index (χ1v) is 8.70. The van der Waals surface area contributed by atoms with E-state index in [1.807, 2.05) is 11.2 Å². The molecule has 0 amide bonds. The first-order chi connectivity index (χ1) is 11.7. The van der Waals surface area contributed by atoms with Gasteiger partial charge in [-0.25, -0.2) is 5.01 Å². The minimum absolute atomic E-state index is 0.945. The smallest absolute Gasteiger partial charge is 0.0932 e. The molecule has 0 atom stereocenters. The second-order valence-electron chi connectivity index (χ2n) is 7.24. The van der Waals surface area contributed by atoms with E-state index in [2.05, 4.69) is 90.0 Å². The number of hydrogen-bond acceptors (Lipinski definition) is 2. The molecule has 0 unspecified atom stereocenters.